The SMILES string of the molecule is C=C(C)c1ccc2cc(C(=O)Nc3cccc4c(O)cccc34)ccc2c1. The van der Waals surface area contributed by atoms with Gasteiger partial charge in [0.05, 0.1) is 0 Å². The maximum atomic E-state index is 12.8. The molecule has 0 heterocycles. The number of phenolic OH excluding ortho intramolecular Hbond substituents is 1. The maximum Gasteiger partial charge on any atom is 0.255 e. The number of fused-ring (bicyclic) bond motifs is 2. The van der Waals surface area contributed by atoms with Crippen LogP contribution in [0.25, 0.3) is 27.1 Å². The Hall–Kier alpha value is -3.59. The molecule has 3 heteroatoms. The highest BCUT2D eigenvalue weighted by Crippen LogP contribution is 2.30. The van der Waals surface area contributed by atoms with Gasteiger partial charge >= 0.3 is 0 Å². The molecule has 0 radical (unpaired) electrons. The summed E-state index contributed by atoms with van der Waals surface area (Å²) >= 11 is 0. The van der Waals surface area contributed by atoms with Gasteiger partial charge in [0.25, 0.3) is 5.91 Å². The zero-order valence-electron chi connectivity index (χ0n) is 15.0. The van der Waals surface area contributed by atoms with Gasteiger partial charge in [-0.05, 0) is 53.6 Å². The summed E-state index contributed by atoms with van der Waals surface area (Å²) in [4.78, 5) is 12.8. The first-order valence-corrected chi connectivity index (χ1v) is 8.75. The Labute approximate surface area is 157 Å². The Balaban J connectivity index is 1.68. The zero-order chi connectivity index (χ0) is 19.0. The molecule has 27 heavy (non-hydrogen) atoms. The number of amides is 1. The van der Waals surface area contributed by atoms with Gasteiger partial charge in [-0.2, -0.15) is 0 Å². The van der Waals surface area contributed by atoms with E-state index >= 15 is 0 Å². The number of carbonyl (C=O) groups is 1. The minimum absolute atomic E-state index is 0.184. The number of rotatable bonds is 3. The average Bonchev–Trinajstić information content (AvgIpc) is 2.68. The van der Waals surface area contributed by atoms with Crippen molar-refractivity contribution in [2.75, 3.05) is 5.32 Å². The van der Waals surface area contributed by atoms with Crippen molar-refractivity contribution in [1.29, 1.82) is 0 Å². The van der Waals surface area contributed by atoms with E-state index < -0.39 is 0 Å². The van der Waals surface area contributed by atoms with E-state index in [1.807, 2.05) is 61.5 Å². The van der Waals surface area contributed by atoms with E-state index in [1.54, 1.807) is 12.1 Å². The molecule has 0 aromatic heterocycles. The van der Waals surface area contributed by atoms with Gasteiger partial charge in [-0.15, -0.1) is 0 Å². The topological polar surface area (TPSA) is 49.3 Å². The number of benzene rings is 4. The van der Waals surface area contributed by atoms with Gasteiger partial charge in [-0.25, -0.2) is 0 Å². The Morgan fingerprint density at radius 2 is 1.48 bits per heavy atom. The number of hydrogen-bond acceptors (Lipinski definition) is 2. The molecule has 0 fully saturated rings. The third-order valence-electron chi connectivity index (χ3n) is 4.74. The molecule has 4 rings (SSSR count). The molecule has 3 nitrogen and oxygen atoms in total. The molecular weight excluding hydrogens is 334 g/mol. The summed E-state index contributed by atoms with van der Waals surface area (Å²) in [6.07, 6.45) is 0. The summed E-state index contributed by atoms with van der Waals surface area (Å²) in [5.74, 6) is 0.0133. The Kier molecular flexibility index (Phi) is 4.13. The minimum atomic E-state index is -0.184. The smallest absolute Gasteiger partial charge is 0.255 e. The van der Waals surface area contributed by atoms with Crippen LogP contribution >= 0.6 is 0 Å². The molecule has 0 aliphatic rings. The predicted octanol–water partition coefficient (Wildman–Crippen LogP) is 5.98. The van der Waals surface area contributed by atoms with Gasteiger partial charge in [0.1, 0.15) is 5.75 Å². The van der Waals surface area contributed by atoms with Gasteiger partial charge < -0.3 is 10.4 Å². The summed E-state index contributed by atoms with van der Waals surface area (Å²) in [6, 6.07) is 22.5. The van der Waals surface area contributed by atoms with Crippen LogP contribution in [0, 0.1) is 0 Å². The summed E-state index contributed by atoms with van der Waals surface area (Å²) < 4.78 is 0. The fourth-order valence-corrected chi connectivity index (χ4v) is 3.25. The summed E-state index contributed by atoms with van der Waals surface area (Å²) in [5, 5.41) is 16.6. The van der Waals surface area contributed by atoms with Crippen LogP contribution in [0.2, 0.25) is 0 Å². The second-order valence-electron chi connectivity index (χ2n) is 6.69. The summed E-state index contributed by atoms with van der Waals surface area (Å²) in [6.45, 7) is 5.95. The van der Waals surface area contributed by atoms with E-state index in [0.29, 0.717) is 16.6 Å². The summed E-state index contributed by atoms with van der Waals surface area (Å²) in [7, 11) is 0. The molecule has 0 unspecified atom stereocenters. The second-order valence-corrected chi connectivity index (χ2v) is 6.69. The second kappa shape index (κ2) is 6.61. The molecular formula is C24H19NO2. The molecule has 4 aromatic carbocycles. The third kappa shape index (κ3) is 3.15. The normalized spacial score (nSPS) is 10.9. The lowest BCUT2D eigenvalue weighted by atomic mass is 10.0. The number of hydrogen-bond donors (Lipinski definition) is 2. The van der Waals surface area contributed by atoms with Gasteiger partial charge in [0.2, 0.25) is 0 Å². The number of anilines is 1. The summed E-state index contributed by atoms with van der Waals surface area (Å²) in [5.41, 5.74) is 3.36. The fourth-order valence-electron chi connectivity index (χ4n) is 3.25. The van der Waals surface area contributed by atoms with Crippen LogP contribution in [0.4, 0.5) is 5.69 Å². The van der Waals surface area contributed by atoms with Crippen molar-refractivity contribution in [2.45, 2.75) is 6.92 Å². The number of allylic oxidation sites excluding steroid dienone is 1. The van der Waals surface area contributed by atoms with E-state index in [0.717, 1.165) is 27.3 Å². The van der Waals surface area contributed by atoms with E-state index in [9.17, 15) is 9.90 Å². The standard InChI is InChI=1S/C24H19NO2/c1-15(2)16-9-10-18-14-19(12-11-17(18)13-16)24(27)25-22-7-3-6-21-20(22)5-4-8-23(21)26/h3-14,26H,1H2,2H3,(H,25,27). The Morgan fingerprint density at radius 1 is 0.852 bits per heavy atom. The number of nitrogens with one attached hydrogen (secondary N) is 1. The lowest BCUT2D eigenvalue weighted by Crippen LogP contribution is -2.12. The Bertz CT molecular complexity index is 1210. The van der Waals surface area contributed by atoms with Crippen LogP contribution < -0.4 is 5.32 Å². The van der Waals surface area contributed by atoms with Crippen LogP contribution in [0.5, 0.6) is 5.75 Å². The van der Waals surface area contributed by atoms with Gasteiger partial charge in [-0.1, -0.05) is 54.6 Å². The molecule has 0 atom stereocenters. The quantitative estimate of drug-likeness (QED) is 0.476. The molecule has 0 saturated heterocycles. The van der Waals surface area contributed by atoms with Crippen LogP contribution in [0.15, 0.2) is 79.4 Å². The highest BCUT2D eigenvalue weighted by molar-refractivity contribution is 6.11. The first-order valence-electron chi connectivity index (χ1n) is 8.75. The van der Waals surface area contributed by atoms with Crippen molar-refractivity contribution in [2.24, 2.45) is 0 Å². The first-order chi connectivity index (χ1) is 13.0. The van der Waals surface area contributed by atoms with Crippen LogP contribution in [0.1, 0.15) is 22.8 Å². The molecule has 2 N–H and O–H groups in total. The predicted molar refractivity (Wildman–Crippen MR) is 112 cm³/mol. The number of carbonyl (C=O) groups excluding carboxylic acids is 1. The molecule has 0 spiro atoms. The molecule has 132 valence electrons. The molecule has 4 aromatic rings. The van der Waals surface area contributed by atoms with Gasteiger partial charge in [0, 0.05) is 22.0 Å². The Morgan fingerprint density at radius 3 is 2.22 bits per heavy atom. The maximum absolute atomic E-state index is 12.8. The van der Waals surface area contributed by atoms with Crippen molar-refractivity contribution in [1.82, 2.24) is 0 Å². The molecule has 0 saturated carbocycles. The fraction of sp³-hybridized carbons (Fsp3) is 0.0417. The molecule has 0 bridgehead atoms. The van der Waals surface area contributed by atoms with E-state index in [-0.39, 0.29) is 11.7 Å². The van der Waals surface area contributed by atoms with Crippen molar-refractivity contribution < 1.29 is 9.90 Å². The van der Waals surface area contributed by atoms with E-state index in [2.05, 4.69) is 18.0 Å². The van der Waals surface area contributed by atoms with Crippen molar-refractivity contribution in [3.63, 3.8) is 0 Å². The van der Waals surface area contributed by atoms with Crippen molar-refractivity contribution in [3.05, 3.63) is 90.5 Å². The van der Waals surface area contributed by atoms with Crippen LogP contribution in [-0.4, -0.2) is 11.0 Å². The minimum Gasteiger partial charge on any atom is -0.507 e. The van der Waals surface area contributed by atoms with Crippen LogP contribution in [0.3, 0.4) is 0 Å². The lowest BCUT2D eigenvalue weighted by molar-refractivity contribution is 0.102. The third-order valence-corrected chi connectivity index (χ3v) is 4.74. The first kappa shape index (κ1) is 16.9. The molecule has 0 aliphatic carbocycles. The van der Waals surface area contributed by atoms with E-state index in [1.165, 1.54) is 0 Å². The number of phenols is 1. The van der Waals surface area contributed by atoms with Gasteiger partial charge in [0.15, 0.2) is 0 Å². The van der Waals surface area contributed by atoms with Gasteiger partial charge in [-0.3, -0.25) is 4.79 Å². The highest BCUT2D eigenvalue weighted by atomic mass is 16.3. The average molecular weight is 353 g/mol. The zero-order valence-corrected chi connectivity index (χ0v) is 15.0. The highest BCUT2D eigenvalue weighted by Gasteiger charge is 2.10. The lowest BCUT2D eigenvalue weighted by Gasteiger charge is -2.10. The van der Waals surface area contributed by atoms with Crippen molar-refractivity contribution >= 4 is 38.7 Å². The number of aromatic hydroxyl groups is 1. The largest absolute Gasteiger partial charge is 0.507 e. The monoisotopic (exact) mass is 353 g/mol. The van der Waals surface area contributed by atoms with Crippen molar-refractivity contribution in [3.8, 4) is 5.75 Å². The molecule has 1 amide bonds. The van der Waals surface area contributed by atoms with E-state index in [4.69, 9.17) is 0 Å². The molecule has 0 aliphatic heterocycles. The van der Waals surface area contributed by atoms with Crippen LogP contribution in [-0.2, 0) is 0 Å².